The van der Waals surface area contributed by atoms with Gasteiger partial charge in [-0.3, -0.25) is 5.10 Å². The second-order valence-electron chi connectivity index (χ2n) is 3.72. The van der Waals surface area contributed by atoms with E-state index in [0.29, 0.717) is 11.7 Å². The molecule has 0 aliphatic carbocycles. The Bertz CT molecular complexity index is 627. The normalized spacial score (nSPS) is 10.6. The number of hydrogen-bond donors (Lipinski definition) is 1. The van der Waals surface area contributed by atoms with Crippen LogP contribution in [0.2, 0.25) is 0 Å². The second kappa shape index (κ2) is 3.86. The van der Waals surface area contributed by atoms with Crippen molar-refractivity contribution in [1.29, 1.82) is 0 Å². The SMILES string of the molecule is Cc1cn[nH]c1-c1noc(-c2ccccc2)n1. The highest BCUT2D eigenvalue weighted by Gasteiger charge is 2.13. The van der Waals surface area contributed by atoms with E-state index in [0.717, 1.165) is 16.8 Å². The van der Waals surface area contributed by atoms with Crippen LogP contribution in [0.1, 0.15) is 5.56 Å². The Hall–Kier alpha value is -2.43. The van der Waals surface area contributed by atoms with Gasteiger partial charge in [-0.25, -0.2) is 0 Å². The molecule has 0 radical (unpaired) electrons. The Balaban J connectivity index is 2.02. The fourth-order valence-electron chi connectivity index (χ4n) is 1.60. The molecule has 2 heterocycles. The van der Waals surface area contributed by atoms with Crippen molar-refractivity contribution >= 4 is 0 Å². The minimum absolute atomic E-state index is 0.509. The molecule has 1 aromatic carbocycles. The Morgan fingerprint density at radius 2 is 2.00 bits per heavy atom. The molecule has 0 atom stereocenters. The summed E-state index contributed by atoms with van der Waals surface area (Å²) in [6.45, 7) is 1.94. The number of nitrogens with one attached hydrogen (secondary N) is 1. The quantitative estimate of drug-likeness (QED) is 0.728. The third-order valence-electron chi connectivity index (χ3n) is 2.50. The summed E-state index contributed by atoms with van der Waals surface area (Å²) in [5.74, 6) is 1.04. The maximum atomic E-state index is 5.22. The van der Waals surface area contributed by atoms with Crippen LogP contribution in [-0.4, -0.2) is 20.3 Å². The lowest BCUT2D eigenvalue weighted by molar-refractivity contribution is 0.432. The van der Waals surface area contributed by atoms with Crippen LogP contribution in [0.5, 0.6) is 0 Å². The zero-order chi connectivity index (χ0) is 11.7. The van der Waals surface area contributed by atoms with Crippen LogP contribution in [0.25, 0.3) is 23.0 Å². The van der Waals surface area contributed by atoms with Crippen molar-refractivity contribution < 1.29 is 4.52 Å². The molecule has 0 unspecified atom stereocenters. The van der Waals surface area contributed by atoms with Crippen molar-refractivity contribution in [2.45, 2.75) is 6.92 Å². The molecule has 17 heavy (non-hydrogen) atoms. The third kappa shape index (κ3) is 1.71. The number of H-pyrrole nitrogens is 1. The molecule has 5 heteroatoms. The predicted molar refractivity (Wildman–Crippen MR) is 62.1 cm³/mol. The van der Waals surface area contributed by atoms with Gasteiger partial charge >= 0.3 is 0 Å². The Labute approximate surface area is 97.5 Å². The molecule has 5 nitrogen and oxygen atoms in total. The number of aromatic amines is 1. The maximum Gasteiger partial charge on any atom is 0.258 e. The summed E-state index contributed by atoms with van der Waals surface area (Å²) in [4.78, 5) is 4.33. The number of rotatable bonds is 2. The summed E-state index contributed by atoms with van der Waals surface area (Å²) in [7, 11) is 0. The molecule has 1 N–H and O–H groups in total. The van der Waals surface area contributed by atoms with E-state index < -0.39 is 0 Å². The third-order valence-corrected chi connectivity index (χ3v) is 2.50. The van der Waals surface area contributed by atoms with Gasteiger partial charge in [0.15, 0.2) is 0 Å². The lowest BCUT2D eigenvalue weighted by Crippen LogP contribution is -1.83. The highest BCUT2D eigenvalue weighted by molar-refractivity contribution is 5.58. The Morgan fingerprint density at radius 3 is 2.71 bits per heavy atom. The molecular weight excluding hydrogens is 216 g/mol. The van der Waals surface area contributed by atoms with Gasteiger partial charge in [-0.05, 0) is 24.6 Å². The molecule has 3 rings (SSSR count). The highest BCUT2D eigenvalue weighted by atomic mass is 16.5. The summed E-state index contributed by atoms with van der Waals surface area (Å²) in [5, 5.41) is 10.7. The van der Waals surface area contributed by atoms with E-state index >= 15 is 0 Å². The van der Waals surface area contributed by atoms with E-state index in [9.17, 15) is 0 Å². The fraction of sp³-hybridized carbons (Fsp3) is 0.0833. The van der Waals surface area contributed by atoms with Crippen molar-refractivity contribution in [3.63, 3.8) is 0 Å². The lowest BCUT2D eigenvalue weighted by atomic mass is 10.2. The van der Waals surface area contributed by atoms with Crippen LogP contribution < -0.4 is 0 Å². The Kier molecular flexibility index (Phi) is 2.22. The molecule has 0 spiro atoms. The highest BCUT2D eigenvalue weighted by Crippen LogP contribution is 2.22. The smallest absolute Gasteiger partial charge is 0.258 e. The zero-order valence-electron chi connectivity index (χ0n) is 9.21. The van der Waals surface area contributed by atoms with Crippen LogP contribution in [0.3, 0.4) is 0 Å². The van der Waals surface area contributed by atoms with Gasteiger partial charge in [0.2, 0.25) is 5.82 Å². The zero-order valence-corrected chi connectivity index (χ0v) is 9.21. The molecular formula is C12H10N4O. The van der Waals surface area contributed by atoms with E-state index in [2.05, 4.69) is 20.3 Å². The van der Waals surface area contributed by atoms with E-state index in [1.165, 1.54) is 0 Å². The molecule has 2 aromatic heterocycles. The van der Waals surface area contributed by atoms with E-state index in [1.807, 2.05) is 37.3 Å². The second-order valence-corrected chi connectivity index (χ2v) is 3.72. The number of nitrogens with zero attached hydrogens (tertiary/aromatic N) is 3. The first-order chi connectivity index (χ1) is 8.34. The maximum absolute atomic E-state index is 5.22. The molecule has 84 valence electrons. The summed E-state index contributed by atoms with van der Waals surface area (Å²) in [6, 6.07) is 9.66. The van der Waals surface area contributed by atoms with Gasteiger partial charge in [0.25, 0.3) is 5.89 Å². The fourth-order valence-corrected chi connectivity index (χ4v) is 1.60. The van der Waals surface area contributed by atoms with Crippen LogP contribution in [0, 0.1) is 6.92 Å². The average molecular weight is 226 g/mol. The molecule has 3 aromatic rings. The van der Waals surface area contributed by atoms with Gasteiger partial charge < -0.3 is 4.52 Å². The number of aromatic nitrogens is 4. The number of hydrogen-bond acceptors (Lipinski definition) is 4. The predicted octanol–water partition coefficient (Wildman–Crippen LogP) is 2.44. The minimum Gasteiger partial charge on any atom is -0.334 e. The standard InChI is InChI=1S/C12H10N4O/c1-8-7-13-15-10(8)11-14-12(17-16-11)9-5-3-2-4-6-9/h2-7H,1H3,(H,13,15). The van der Waals surface area contributed by atoms with Gasteiger partial charge in [0.1, 0.15) is 5.69 Å². The largest absolute Gasteiger partial charge is 0.334 e. The summed E-state index contributed by atoms with van der Waals surface area (Å²) >= 11 is 0. The number of aryl methyl sites for hydroxylation is 1. The first kappa shape index (κ1) is 9.77. The van der Waals surface area contributed by atoms with Gasteiger partial charge in [0, 0.05) is 5.56 Å². The van der Waals surface area contributed by atoms with Gasteiger partial charge in [-0.1, -0.05) is 23.4 Å². The monoisotopic (exact) mass is 226 g/mol. The first-order valence-corrected chi connectivity index (χ1v) is 5.24. The van der Waals surface area contributed by atoms with E-state index in [-0.39, 0.29) is 0 Å². The lowest BCUT2D eigenvalue weighted by Gasteiger charge is -1.90. The van der Waals surface area contributed by atoms with Crippen LogP contribution >= 0.6 is 0 Å². The van der Waals surface area contributed by atoms with Crippen LogP contribution in [0.4, 0.5) is 0 Å². The molecule has 0 saturated heterocycles. The minimum atomic E-state index is 0.509. The van der Waals surface area contributed by atoms with E-state index in [4.69, 9.17) is 4.52 Å². The first-order valence-electron chi connectivity index (χ1n) is 5.24. The summed E-state index contributed by atoms with van der Waals surface area (Å²) < 4.78 is 5.22. The molecule has 0 fully saturated rings. The van der Waals surface area contributed by atoms with Crippen LogP contribution in [0.15, 0.2) is 41.1 Å². The molecule has 0 aliphatic heterocycles. The van der Waals surface area contributed by atoms with Crippen molar-refractivity contribution in [3.8, 4) is 23.0 Å². The average Bonchev–Trinajstić information content (AvgIpc) is 2.98. The summed E-state index contributed by atoms with van der Waals surface area (Å²) in [6.07, 6.45) is 1.73. The van der Waals surface area contributed by atoms with Gasteiger partial charge in [0.05, 0.1) is 6.20 Å². The molecule has 0 bridgehead atoms. The molecule has 0 aliphatic rings. The number of benzene rings is 1. The van der Waals surface area contributed by atoms with Gasteiger partial charge in [-0.2, -0.15) is 10.1 Å². The van der Waals surface area contributed by atoms with Crippen molar-refractivity contribution in [3.05, 3.63) is 42.1 Å². The van der Waals surface area contributed by atoms with Gasteiger partial charge in [-0.15, -0.1) is 0 Å². The van der Waals surface area contributed by atoms with Crippen molar-refractivity contribution in [2.75, 3.05) is 0 Å². The topological polar surface area (TPSA) is 67.6 Å². The van der Waals surface area contributed by atoms with Crippen LogP contribution in [-0.2, 0) is 0 Å². The van der Waals surface area contributed by atoms with Crippen molar-refractivity contribution in [2.24, 2.45) is 0 Å². The Morgan fingerprint density at radius 1 is 1.18 bits per heavy atom. The molecule has 0 saturated carbocycles. The van der Waals surface area contributed by atoms with E-state index in [1.54, 1.807) is 6.20 Å². The molecule has 0 amide bonds. The summed E-state index contributed by atoms with van der Waals surface area (Å²) in [5.41, 5.74) is 2.68. The van der Waals surface area contributed by atoms with Crippen molar-refractivity contribution in [1.82, 2.24) is 20.3 Å².